The average molecular weight is 340 g/mol. The highest BCUT2D eigenvalue weighted by molar-refractivity contribution is 5.47. The number of pyridine rings is 1. The molecule has 25 heavy (non-hydrogen) atoms. The standard InChI is InChI=1S/C20H24N2O3/c1-14-19(23)18-13-25-20(17(18)12-21-14)15-4-6-16(7-5-15)24-11-10-22-8-2-3-9-22/h4-7,12,20,23H,2-3,8-11,13H2,1H3. The first-order chi connectivity index (χ1) is 12.2. The Bertz CT molecular complexity index is 739. The van der Waals surface area contributed by atoms with Crippen LogP contribution in [0, 0.1) is 6.92 Å². The molecule has 2 aliphatic rings. The smallest absolute Gasteiger partial charge is 0.142 e. The number of benzene rings is 1. The first kappa shape index (κ1) is 16.4. The van der Waals surface area contributed by atoms with Crippen molar-refractivity contribution in [2.24, 2.45) is 0 Å². The zero-order valence-corrected chi connectivity index (χ0v) is 14.6. The van der Waals surface area contributed by atoms with Crippen LogP contribution < -0.4 is 4.74 Å². The topological polar surface area (TPSA) is 54.8 Å². The summed E-state index contributed by atoms with van der Waals surface area (Å²) < 4.78 is 11.7. The predicted octanol–water partition coefficient (Wildman–Crippen LogP) is 3.19. The number of aromatic nitrogens is 1. The summed E-state index contributed by atoms with van der Waals surface area (Å²) in [4.78, 5) is 6.71. The molecule has 1 aromatic carbocycles. The van der Waals surface area contributed by atoms with Crippen molar-refractivity contribution in [3.8, 4) is 11.5 Å². The van der Waals surface area contributed by atoms with Gasteiger partial charge in [0.05, 0.1) is 12.3 Å². The molecule has 1 unspecified atom stereocenters. The van der Waals surface area contributed by atoms with Crippen molar-refractivity contribution in [3.63, 3.8) is 0 Å². The van der Waals surface area contributed by atoms with Gasteiger partial charge in [-0.25, -0.2) is 0 Å². The minimum atomic E-state index is -0.173. The van der Waals surface area contributed by atoms with E-state index in [1.807, 2.05) is 30.5 Å². The summed E-state index contributed by atoms with van der Waals surface area (Å²) in [7, 11) is 0. The summed E-state index contributed by atoms with van der Waals surface area (Å²) in [5, 5.41) is 10.1. The van der Waals surface area contributed by atoms with E-state index in [0.29, 0.717) is 12.3 Å². The first-order valence-corrected chi connectivity index (χ1v) is 8.96. The molecule has 1 aromatic heterocycles. The van der Waals surface area contributed by atoms with E-state index in [9.17, 15) is 5.11 Å². The van der Waals surface area contributed by atoms with Crippen LogP contribution in [0.25, 0.3) is 0 Å². The maximum atomic E-state index is 10.1. The molecule has 1 N–H and O–H groups in total. The van der Waals surface area contributed by atoms with E-state index >= 15 is 0 Å². The fraction of sp³-hybridized carbons (Fsp3) is 0.450. The van der Waals surface area contributed by atoms with Crippen molar-refractivity contribution >= 4 is 0 Å². The highest BCUT2D eigenvalue weighted by Gasteiger charge is 2.28. The first-order valence-electron chi connectivity index (χ1n) is 8.96. The second-order valence-electron chi connectivity index (χ2n) is 6.78. The summed E-state index contributed by atoms with van der Waals surface area (Å²) >= 11 is 0. The molecule has 5 nitrogen and oxygen atoms in total. The molecule has 0 amide bonds. The van der Waals surface area contributed by atoms with Crippen LogP contribution in [0.4, 0.5) is 0 Å². The lowest BCUT2D eigenvalue weighted by molar-refractivity contribution is 0.0932. The van der Waals surface area contributed by atoms with Gasteiger partial charge in [-0.05, 0) is 50.6 Å². The number of fused-ring (bicyclic) bond motifs is 1. The summed E-state index contributed by atoms with van der Waals surface area (Å²) in [6, 6.07) is 8.04. The molecular formula is C20H24N2O3. The number of likely N-dealkylation sites (tertiary alicyclic amines) is 1. The van der Waals surface area contributed by atoms with Gasteiger partial charge in [0.25, 0.3) is 0 Å². The Labute approximate surface area is 148 Å². The minimum absolute atomic E-state index is 0.173. The minimum Gasteiger partial charge on any atom is -0.506 e. The Kier molecular flexibility index (Phi) is 4.59. The van der Waals surface area contributed by atoms with Crippen molar-refractivity contribution in [1.82, 2.24) is 9.88 Å². The molecule has 5 heteroatoms. The number of hydrogen-bond acceptors (Lipinski definition) is 5. The van der Waals surface area contributed by atoms with E-state index in [1.165, 1.54) is 25.9 Å². The van der Waals surface area contributed by atoms with E-state index in [-0.39, 0.29) is 11.9 Å². The Hall–Kier alpha value is -2.11. The monoisotopic (exact) mass is 340 g/mol. The van der Waals surface area contributed by atoms with E-state index < -0.39 is 0 Å². The lowest BCUT2D eigenvalue weighted by Crippen LogP contribution is -2.25. The number of ether oxygens (including phenoxy) is 2. The quantitative estimate of drug-likeness (QED) is 0.906. The van der Waals surface area contributed by atoms with E-state index in [4.69, 9.17) is 9.47 Å². The Balaban J connectivity index is 1.40. The normalized spacial score (nSPS) is 20.0. The van der Waals surface area contributed by atoms with Crippen molar-refractivity contribution in [1.29, 1.82) is 0 Å². The third-order valence-electron chi connectivity index (χ3n) is 5.11. The molecule has 132 valence electrons. The summed E-state index contributed by atoms with van der Waals surface area (Å²) in [6.45, 7) is 6.33. The molecule has 1 atom stereocenters. The van der Waals surface area contributed by atoms with Gasteiger partial charge >= 0.3 is 0 Å². The van der Waals surface area contributed by atoms with Gasteiger partial charge in [-0.1, -0.05) is 12.1 Å². The second-order valence-corrected chi connectivity index (χ2v) is 6.78. The van der Waals surface area contributed by atoms with Crippen molar-refractivity contribution in [3.05, 3.63) is 52.8 Å². The average Bonchev–Trinajstić information content (AvgIpc) is 3.29. The molecule has 3 heterocycles. The Morgan fingerprint density at radius 2 is 2.00 bits per heavy atom. The highest BCUT2D eigenvalue weighted by Crippen LogP contribution is 2.40. The second kappa shape index (κ2) is 7.02. The lowest BCUT2D eigenvalue weighted by Gasteiger charge is -2.16. The molecule has 2 aliphatic heterocycles. The number of aromatic hydroxyl groups is 1. The van der Waals surface area contributed by atoms with Gasteiger partial charge in [0.1, 0.15) is 24.2 Å². The van der Waals surface area contributed by atoms with Crippen LogP contribution in [0.15, 0.2) is 30.5 Å². The van der Waals surface area contributed by atoms with Crippen LogP contribution in [-0.4, -0.2) is 41.2 Å². The maximum Gasteiger partial charge on any atom is 0.142 e. The Morgan fingerprint density at radius 1 is 1.24 bits per heavy atom. The van der Waals surface area contributed by atoms with Gasteiger partial charge in [-0.2, -0.15) is 0 Å². The van der Waals surface area contributed by atoms with Crippen LogP contribution in [0.3, 0.4) is 0 Å². The molecule has 0 aliphatic carbocycles. The van der Waals surface area contributed by atoms with E-state index in [1.54, 1.807) is 6.92 Å². The van der Waals surface area contributed by atoms with Gasteiger partial charge in [0.2, 0.25) is 0 Å². The van der Waals surface area contributed by atoms with Crippen LogP contribution in [0.1, 0.15) is 41.3 Å². The highest BCUT2D eigenvalue weighted by atomic mass is 16.5. The van der Waals surface area contributed by atoms with Crippen LogP contribution in [0.2, 0.25) is 0 Å². The van der Waals surface area contributed by atoms with Crippen molar-refractivity contribution in [2.75, 3.05) is 26.2 Å². The van der Waals surface area contributed by atoms with Gasteiger partial charge in [0.15, 0.2) is 0 Å². The molecule has 1 fully saturated rings. The molecule has 0 saturated carbocycles. The molecular weight excluding hydrogens is 316 g/mol. The fourth-order valence-electron chi connectivity index (χ4n) is 3.61. The number of nitrogens with zero attached hydrogens (tertiary/aromatic N) is 2. The lowest BCUT2D eigenvalue weighted by atomic mass is 10.00. The molecule has 2 aromatic rings. The van der Waals surface area contributed by atoms with Gasteiger partial charge in [0, 0.05) is 23.9 Å². The third kappa shape index (κ3) is 3.34. The summed E-state index contributed by atoms with van der Waals surface area (Å²) in [5.74, 6) is 1.13. The molecule has 0 radical (unpaired) electrons. The van der Waals surface area contributed by atoms with E-state index in [2.05, 4.69) is 9.88 Å². The van der Waals surface area contributed by atoms with Crippen molar-refractivity contribution in [2.45, 2.75) is 32.5 Å². The number of aryl methyl sites for hydroxylation is 1. The molecule has 0 bridgehead atoms. The molecule has 4 rings (SSSR count). The maximum absolute atomic E-state index is 10.1. The predicted molar refractivity (Wildman–Crippen MR) is 94.9 cm³/mol. The van der Waals surface area contributed by atoms with Gasteiger partial charge < -0.3 is 14.6 Å². The van der Waals surface area contributed by atoms with Gasteiger partial charge in [-0.3, -0.25) is 9.88 Å². The van der Waals surface area contributed by atoms with E-state index in [0.717, 1.165) is 35.6 Å². The zero-order chi connectivity index (χ0) is 17.2. The Morgan fingerprint density at radius 3 is 2.76 bits per heavy atom. The van der Waals surface area contributed by atoms with Crippen molar-refractivity contribution < 1.29 is 14.6 Å². The number of rotatable bonds is 5. The largest absolute Gasteiger partial charge is 0.506 e. The van der Waals surface area contributed by atoms with Gasteiger partial charge in [-0.15, -0.1) is 0 Å². The van der Waals surface area contributed by atoms with Crippen LogP contribution in [-0.2, 0) is 11.3 Å². The fourth-order valence-corrected chi connectivity index (χ4v) is 3.61. The molecule has 1 saturated heterocycles. The third-order valence-corrected chi connectivity index (χ3v) is 5.11. The van der Waals surface area contributed by atoms with Crippen LogP contribution >= 0.6 is 0 Å². The summed E-state index contributed by atoms with van der Waals surface area (Å²) in [5.41, 5.74) is 3.50. The van der Waals surface area contributed by atoms with Crippen LogP contribution in [0.5, 0.6) is 11.5 Å². The molecule has 0 spiro atoms. The SMILES string of the molecule is Cc1ncc2c(c1O)COC2c1ccc(OCCN2CCCC2)cc1. The zero-order valence-electron chi connectivity index (χ0n) is 14.6. The number of hydrogen-bond donors (Lipinski definition) is 1. The summed E-state index contributed by atoms with van der Waals surface area (Å²) in [6.07, 6.45) is 4.25.